The van der Waals surface area contributed by atoms with Crippen molar-refractivity contribution in [2.24, 2.45) is 0 Å². The van der Waals surface area contributed by atoms with Crippen molar-refractivity contribution in [2.45, 2.75) is 6.92 Å². The van der Waals surface area contributed by atoms with Crippen molar-refractivity contribution >= 4 is 51.4 Å². The van der Waals surface area contributed by atoms with E-state index in [0.29, 0.717) is 10.5 Å². The molecule has 2 aromatic rings. The summed E-state index contributed by atoms with van der Waals surface area (Å²) in [5.41, 5.74) is 0.823. The topological polar surface area (TPSA) is 39.2 Å². The minimum atomic E-state index is -0.543. The van der Waals surface area contributed by atoms with Gasteiger partial charge < -0.3 is 4.74 Å². The predicted octanol–water partition coefficient (Wildman–Crippen LogP) is 3.78. The molecule has 2 rings (SSSR count). The summed E-state index contributed by atoms with van der Waals surface area (Å²) >= 11 is 13.5. The van der Waals surface area contributed by atoms with E-state index in [0.717, 1.165) is 5.39 Å². The molecule has 3 nitrogen and oxygen atoms in total. The molecule has 0 saturated heterocycles. The highest BCUT2D eigenvalue weighted by Crippen LogP contribution is 2.33. The number of rotatable bonds is 2. The van der Waals surface area contributed by atoms with Crippen LogP contribution in [0.25, 0.3) is 10.9 Å². The summed E-state index contributed by atoms with van der Waals surface area (Å²) in [6, 6.07) is 0. The second kappa shape index (κ2) is 4.57. The highest BCUT2D eigenvalue weighted by molar-refractivity contribution is 7.09. The molecule has 0 aliphatic rings. The minimum absolute atomic E-state index is 0.0781. The molecule has 0 spiro atoms. The van der Waals surface area contributed by atoms with Crippen LogP contribution in [0, 0.1) is 0 Å². The van der Waals surface area contributed by atoms with Crippen LogP contribution in [0.3, 0.4) is 0 Å². The summed E-state index contributed by atoms with van der Waals surface area (Å²) in [6.45, 7) is 1.99. The second-order valence-corrected chi connectivity index (χ2v) is 4.46. The highest BCUT2D eigenvalue weighted by atomic mass is 35.5. The number of hydrogen-bond donors (Lipinski definition) is 0. The van der Waals surface area contributed by atoms with Crippen molar-refractivity contribution in [1.82, 2.24) is 4.98 Å². The van der Waals surface area contributed by atoms with E-state index in [9.17, 15) is 4.79 Å². The van der Waals surface area contributed by atoms with Crippen molar-refractivity contribution in [3.63, 3.8) is 0 Å². The Kier molecular flexibility index (Phi) is 3.33. The maximum absolute atomic E-state index is 11.6. The van der Waals surface area contributed by atoms with Crippen LogP contribution in [0.15, 0.2) is 10.8 Å². The van der Waals surface area contributed by atoms with E-state index in [4.69, 9.17) is 27.9 Å². The van der Waals surface area contributed by atoms with Crippen molar-refractivity contribution in [3.05, 3.63) is 26.5 Å². The van der Waals surface area contributed by atoms with Gasteiger partial charge in [-0.25, -0.2) is 9.78 Å². The average Bonchev–Trinajstić information content (AvgIpc) is 2.66. The zero-order valence-corrected chi connectivity index (χ0v) is 10.6. The van der Waals surface area contributed by atoms with Gasteiger partial charge in [-0.15, -0.1) is 11.3 Å². The molecule has 0 amide bonds. The van der Waals surface area contributed by atoms with Gasteiger partial charge in [0.15, 0.2) is 0 Å². The summed E-state index contributed by atoms with van der Waals surface area (Å²) in [4.78, 5) is 15.7. The first-order chi connectivity index (χ1) is 7.65. The monoisotopic (exact) mass is 275 g/mol. The predicted molar refractivity (Wildman–Crippen MR) is 65.6 cm³/mol. The Hall–Kier alpha value is -0.840. The molecular formula is C10H7Cl2NO2S. The first-order valence-corrected chi connectivity index (χ1v) is 6.23. The van der Waals surface area contributed by atoms with Crippen LogP contribution in [0.2, 0.25) is 10.2 Å². The Balaban J connectivity index is 2.63. The number of aromatic nitrogens is 1. The second-order valence-electron chi connectivity index (χ2n) is 2.98. The van der Waals surface area contributed by atoms with Crippen LogP contribution < -0.4 is 0 Å². The fourth-order valence-corrected chi connectivity index (χ4v) is 2.75. The third-order valence-electron chi connectivity index (χ3n) is 2.00. The number of ether oxygens (including phenoxy) is 1. The summed E-state index contributed by atoms with van der Waals surface area (Å²) in [7, 11) is 0. The molecule has 6 heteroatoms. The highest BCUT2D eigenvalue weighted by Gasteiger charge is 2.20. The third kappa shape index (κ3) is 1.88. The van der Waals surface area contributed by atoms with Gasteiger partial charge in [-0.2, -0.15) is 0 Å². The molecule has 16 heavy (non-hydrogen) atoms. The molecule has 2 heterocycles. The molecule has 2 aromatic heterocycles. The molecule has 0 atom stereocenters. The number of halogens is 2. The Morgan fingerprint density at radius 2 is 2.25 bits per heavy atom. The molecule has 0 aliphatic carbocycles. The lowest BCUT2D eigenvalue weighted by atomic mass is 10.2. The van der Waals surface area contributed by atoms with Gasteiger partial charge in [-0.1, -0.05) is 23.2 Å². The molecule has 0 aromatic carbocycles. The molecule has 0 fully saturated rings. The Morgan fingerprint density at radius 3 is 2.94 bits per heavy atom. The molecule has 0 radical (unpaired) electrons. The average molecular weight is 276 g/mol. The lowest BCUT2D eigenvalue weighted by molar-refractivity contribution is 0.0526. The molecule has 0 saturated carbocycles. The van der Waals surface area contributed by atoms with Crippen LogP contribution in [0.4, 0.5) is 0 Å². The number of pyridine rings is 1. The summed E-state index contributed by atoms with van der Waals surface area (Å²) in [5.74, 6) is -0.543. The SMILES string of the molecule is CCOC(=O)c1c(Cl)nc2cscc2c1Cl. The van der Waals surface area contributed by atoms with E-state index in [-0.39, 0.29) is 17.3 Å². The van der Waals surface area contributed by atoms with Gasteiger partial charge >= 0.3 is 5.97 Å². The Morgan fingerprint density at radius 1 is 1.50 bits per heavy atom. The number of carbonyl (C=O) groups is 1. The first-order valence-electron chi connectivity index (χ1n) is 4.53. The minimum Gasteiger partial charge on any atom is -0.462 e. The van der Waals surface area contributed by atoms with Crippen molar-refractivity contribution in [1.29, 1.82) is 0 Å². The van der Waals surface area contributed by atoms with Gasteiger partial charge in [0.1, 0.15) is 10.7 Å². The fourth-order valence-electron chi connectivity index (χ4n) is 1.31. The van der Waals surface area contributed by atoms with Gasteiger partial charge in [-0.05, 0) is 6.92 Å². The first kappa shape index (κ1) is 11.6. The maximum Gasteiger partial charge on any atom is 0.342 e. The number of carbonyl (C=O) groups excluding carboxylic acids is 1. The number of hydrogen-bond acceptors (Lipinski definition) is 4. The zero-order valence-electron chi connectivity index (χ0n) is 8.29. The summed E-state index contributed by atoms with van der Waals surface area (Å²) in [6.07, 6.45) is 0. The normalized spacial score (nSPS) is 10.7. The number of nitrogens with zero attached hydrogens (tertiary/aromatic N) is 1. The standard InChI is InChI=1S/C10H7Cl2NO2S/c1-2-15-10(14)7-8(11)5-3-16-4-6(5)13-9(7)12/h3-4H,2H2,1H3. The van der Waals surface area contributed by atoms with Gasteiger partial charge in [0.2, 0.25) is 0 Å². The van der Waals surface area contributed by atoms with Gasteiger partial charge in [0.05, 0.1) is 17.1 Å². The lowest BCUT2D eigenvalue weighted by Crippen LogP contribution is -2.07. The Labute approximate surface area is 106 Å². The van der Waals surface area contributed by atoms with Crippen LogP contribution in [0.1, 0.15) is 17.3 Å². The summed E-state index contributed by atoms with van der Waals surface area (Å²) < 4.78 is 4.87. The lowest BCUT2D eigenvalue weighted by Gasteiger charge is -2.06. The summed E-state index contributed by atoms with van der Waals surface area (Å²) in [5, 5.41) is 4.74. The third-order valence-corrected chi connectivity index (χ3v) is 3.40. The van der Waals surface area contributed by atoms with Crippen LogP contribution >= 0.6 is 34.5 Å². The Bertz CT molecular complexity index is 553. The van der Waals surface area contributed by atoms with Crippen molar-refractivity contribution < 1.29 is 9.53 Å². The van der Waals surface area contributed by atoms with Crippen LogP contribution in [-0.4, -0.2) is 17.6 Å². The smallest absolute Gasteiger partial charge is 0.342 e. The molecule has 0 aliphatic heterocycles. The molecule has 0 bridgehead atoms. The van der Waals surface area contributed by atoms with Crippen LogP contribution in [0.5, 0.6) is 0 Å². The van der Waals surface area contributed by atoms with Gasteiger partial charge in [0, 0.05) is 16.1 Å². The van der Waals surface area contributed by atoms with E-state index in [1.807, 2.05) is 10.8 Å². The van der Waals surface area contributed by atoms with E-state index in [1.54, 1.807) is 6.92 Å². The molecule has 0 N–H and O–H groups in total. The quantitative estimate of drug-likeness (QED) is 0.619. The van der Waals surface area contributed by atoms with Crippen molar-refractivity contribution in [3.8, 4) is 0 Å². The van der Waals surface area contributed by atoms with Crippen molar-refractivity contribution in [2.75, 3.05) is 6.61 Å². The number of fused-ring (bicyclic) bond motifs is 1. The maximum atomic E-state index is 11.6. The van der Waals surface area contributed by atoms with E-state index >= 15 is 0 Å². The zero-order chi connectivity index (χ0) is 11.7. The van der Waals surface area contributed by atoms with Gasteiger partial charge in [-0.3, -0.25) is 0 Å². The number of esters is 1. The fraction of sp³-hybridized carbons (Fsp3) is 0.200. The largest absolute Gasteiger partial charge is 0.462 e. The van der Waals surface area contributed by atoms with Crippen LogP contribution in [-0.2, 0) is 4.74 Å². The molecule has 84 valence electrons. The molecular weight excluding hydrogens is 269 g/mol. The van der Waals surface area contributed by atoms with E-state index in [2.05, 4.69) is 4.98 Å². The van der Waals surface area contributed by atoms with E-state index in [1.165, 1.54) is 11.3 Å². The molecule has 0 unspecified atom stereocenters. The van der Waals surface area contributed by atoms with E-state index < -0.39 is 5.97 Å². The number of thiophene rings is 1. The van der Waals surface area contributed by atoms with Gasteiger partial charge in [0.25, 0.3) is 0 Å².